The molecule has 0 unspecified atom stereocenters. The van der Waals surface area contributed by atoms with Gasteiger partial charge in [0.05, 0.1) is 10.7 Å². The van der Waals surface area contributed by atoms with Crippen LogP contribution in [0, 0.1) is 10.1 Å². The van der Waals surface area contributed by atoms with Crippen molar-refractivity contribution in [3.8, 4) is 0 Å². The van der Waals surface area contributed by atoms with Gasteiger partial charge < -0.3 is 0 Å². The van der Waals surface area contributed by atoms with Gasteiger partial charge in [0.25, 0.3) is 11.6 Å². The van der Waals surface area contributed by atoms with Crippen LogP contribution in [0.4, 0.5) is 5.69 Å². The molecule has 1 aromatic rings. The van der Waals surface area contributed by atoms with E-state index in [-0.39, 0.29) is 17.0 Å². The molecule has 0 heterocycles. The highest BCUT2D eigenvalue weighted by Gasteiger charge is 2.16. The van der Waals surface area contributed by atoms with Gasteiger partial charge in [-0.05, 0) is 13.0 Å². The topological polar surface area (TPSA) is 106 Å². The zero-order chi connectivity index (χ0) is 13.1. The van der Waals surface area contributed by atoms with Crippen LogP contribution in [0.5, 0.6) is 0 Å². The van der Waals surface area contributed by atoms with Gasteiger partial charge in [0.2, 0.25) is 10.0 Å². The molecule has 0 saturated heterocycles. The number of nitro groups is 1. The maximum Gasteiger partial charge on any atom is 0.270 e. The molecule has 1 aromatic carbocycles. The van der Waals surface area contributed by atoms with Gasteiger partial charge in [0.1, 0.15) is 0 Å². The third kappa shape index (κ3) is 3.52. The Kier molecular flexibility index (Phi) is 3.79. The first-order chi connectivity index (χ1) is 7.85. The summed E-state index contributed by atoms with van der Waals surface area (Å²) in [6, 6.07) is 4.84. The molecule has 7 nitrogen and oxygen atoms in total. The first-order valence-corrected chi connectivity index (χ1v) is 6.30. The molecule has 0 saturated carbocycles. The third-order valence-electron chi connectivity index (χ3n) is 1.95. The molecule has 1 rings (SSSR count). The minimum atomic E-state index is -3.67. The highest BCUT2D eigenvalue weighted by Crippen LogP contribution is 2.13. The lowest BCUT2D eigenvalue weighted by atomic mass is 10.2. The summed E-state index contributed by atoms with van der Waals surface area (Å²) in [5.74, 6) is -1.12. The molecule has 0 aliphatic carbocycles. The molecule has 1 N–H and O–H groups in total. The molecule has 0 atom stereocenters. The molecule has 92 valence electrons. The van der Waals surface area contributed by atoms with Crippen LogP contribution < -0.4 is 4.72 Å². The Bertz CT molecular complexity index is 552. The van der Waals surface area contributed by atoms with Gasteiger partial charge in [0.15, 0.2) is 0 Å². The fourth-order valence-electron chi connectivity index (χ4n) is 1.03. The molecular formula is C9H10N2O5S. The van der Waals surface area contributed by atoms with E-state index in [9.17, 15) is 23.3 Å². The standard InChI is InChI=1S/C9H10N2O5S/c1-2-17(15,16)10-9(12)7-4-3-5-8(6-7)11(13)14/h3-6H,2H2,1H3,(H,10,12). The zero-order valence-electron chi connectivity index (χ0n) is 8.91. The fraction of sp³-hybridized carbons (Fsp3) is 0.222. The predicted molar refractivity (Wildman–Crippen MR) is 60.0 cm³/mol. The summed E-state index contributed by atoms with van der Waals surface area (Å²) in [4.78, 5) is 21.3. The van der Waals surface area contributed by atoms with Crippen LogP contribution in [0.2, 0.25) is 0 Å². The maximum absolute atomic E-state index is 11.5. The molecule has 0 aromatic heterocycles. The second-order valence-corrected chi connectivity index (χ2v) is 5.15. The monoisotopic (exact) mass is 258 g/mol. The van der Waals surface area contributed by atoms with Gasteiger partial charge in [-0.1, -0.05) is 6.07 Å². The highest BCUT2D eigenvalue weighted by atomic mass is 32.2. The maximum atomic E-state index is 11.5. The van der Waals surface area contributed by atoms with E-state index in [1.807, 2.05) is 0 Å². The second-order valence-electron chi connectivity index (χ2n) is 3.14. The van der Waals surface area contributed by atoms with Gasteiger partial charge in [-0.15, -0.1) is 0 Å². The smallest absolute Gasteiger partial charge is 0.268 e. The minimum Gasteiger partial charge on any atom is -0.268 e. The average molecular weight is 258 g/mol. The molecular weight excluding hydrogens is 248 g/mol. The normalized spacial score (nSPS) is 10.9. The lowest BCUT2D eigenvalue weighted by Gasteiger charge is -2.04. The number of benzene rings is 1. The van der Waals surface area contributed by atoms with Crippen molar-refractivity contribution in [2.24, 2.45) is 0 Å². The van der Waals surface area contributed by atoms with Crippen molar-refractivity contribution < 1.29 is 18.1 Å². The number of nitrogens with one attached hydrogen (secondary N) is 1. The summed E-state index contributed by atoms with van der Waals surface area (Å²) in [6.45, 7) is 1.38. The summed E-state index contributed by atoms with van der Waals surface area (Å²) >= 11 is 0. The van der Waals surface area contributed by atoms with E-state index >= 15 is 0 Å². The lowest BCUT2D eigenvalue weighted by molar-refractivity contribution is -0.384. The first-order valence-electron chi connectivity index (χ1n) is 4.65. The second kappa shape index (κ2) is 4.91. The van der Waals surface area contributed by atoms with Crippen molar-refractivity contribution in [2.45, 2.75) is 6.92 Å². The summed E-state index contributed by atoms with van der Waals surface area (Å²) in [5.41, 5.74) is -0.345. The number of carbonyl (C=O) groups is 1. The van der Waals surface area contributed by atoms with E-state index in [1.54, 1.807) is 4.72 Å². The Balaban J connectivity index is 2.98. The van der Waals surface area contributed by atoms with Crippen molar-refractivity contribution >= 4 is 21.6 Å². The third-order valence-corrected chi connectivity index (χ3v) is 3.20. The number of amides is 1. The summed E-state index contributed by atoms with van der Waals surface area (Å²) in [6.07, 6.45) is 0. The summed E-state index contributed by atoms with van der Waals surface area (Å²) in [7, 11) is -3.67. The molecule has 8 heteroatoms. The number of non-ortho nitro benzene ring substituents is 1. The number of carbonyl (C=O) groups excluding carboxylic acids is 1. The van der Waals surface area contributed by atoms with Gasteiger partial charge >= 0.3 is 0 Å². The molecule has 0 radical (unpaired) electrons. The SMILES string of the molecule is CCS(=O)(=O)NC(=O)c1cccc([N+](=O)[O-])c1. The van der Waals surface area contributed by atoms with E-state index in [0.717, 1.165) is 6.07 Å². The largest absolute Gasteiger partial charge is 0.270 e. The predicted octanol–water partition coefficient (Wildman–Crippen LogP) is 0.674. The van der Waals surface area contributed by atoms with E-state index in [1.165, 1.54) is 25.1 Å². The van der Waals surface area contributed by atoms with Crippen LogP contribution >= 0.6 is 0 Å². The van der Waals surface area contributed by atoms with Gasteiger partial charge in [0, 0.05) is 17.7 Å². The van der Waals surface area contributed by atoms with Gasteiger partial charge in [-0.25, -0.2) is 13.1 Å². The van der Waals surface area contributed by atoms with Crippen molar-refractivity contribution in [1.29, 1.82) is 0 Å². The molecule has 0 aliphatic heterocycles. The van der Waals surface area contributed by atoms with E-state index in [0.29, 0.717) is 0 Å². The Labute approximate surface area is 97.7 Å². The number of rotatable bonds is 4. The quantitative estimate of drug-likeness (QED) is 0.631. The average Bonchev–Trinajstić information content (AvgIpc) is 2.28. The Hall–Kier alpha value is -1.96. The Morgan fingerprint density at radius 2 is 2.12 bits per heavy atom. The molecule has 1 amide bonds. The molecule has 17 heavy (non-hydrogen) atoms. The highest BCUT2D eigenvalue weighted by molar-refractivity contribution is 7.90. The lowest BCUT2D eigenvalue weighted by Crippen LogP contribution is -2.31. The van der Waals surface area contributed by atoms with Gasteiger partial charge in [-0.2, -0.15) is 0 Å². The Morgan fingerprint density at radius 1 is 1.47 bits per heavy atom. The molecule has 0 bridgehead atoms. The summed E-state index contributed by atoms with van der Waals surface area (Å²) in [5, 5.41) is 10.5. The Morgan fingerprint density at radius 3 is 2.65 bits per heavy atom. The number of sulfonamides is 1. The number of nitrogens with zero attached hydrogens (tertiary/aromatic N) is 1. The first kappa shape index (κ1) is 13.1. The van der Waals surface area contributed by atoms with Crippen molar-refractivity contribution in [2.75, 3.05) is 5.75 Å². The van der Waals surface area contributed by atoms with E-state index < -0.39 is 20.9 Å². The number of hydrogen-bond donors (Lipinski definition) is 1. The van der Waals surface area contributed by atoms with Crippen molar-refractivity contribution in [3.05, 3.63) is 39.9 Å². The molecule has 0 aliphatic rings. The number of hydrogen-bond acceptors (Lipinski definition) is 5. The van der Waals surface area contributed by atoms with Crippen LogP contribution in [-0.2, 0) is 10.0 Å². The minimum absolute atomic E-state index is 0.0729. The fourth-order valence-corrected chi connectivity index (χ4v) is 1.58. The van der Waals surface area contributed by atoms with Crippen LogP contribution in [-0.4, -0.2) is 25.0 Å². The van der Waals surface area contributed by atoms with Crippen molar-refractivity contribution in [3.63, 3.8) is 0 Å². The van der Waals surface area contributed by atoms with Crippen molar-refractivity contribution in [1.82, 2.24) is 4.72 Å². The molecule has 0 spiro atoms. The summed E-state index contributed by atoms with van der Waals surface area (Å²) < 4.78 is 24.1. The van der Waals surface area contributed by atoms with Crippen LogP contribution in [0.1, 0.15) is 17.3 Å². The van der Waals surface area contributed by atoms with Crippen LogP contribution in [0.25, 0.3) is 0 Å². The molecule has 0 fully saturated rings. The van der Waals surface area contributed by atoms with Crippen LogP contribution in [0.15, 0.2) is 24.3 Å². The number of nitro benzene ring substituents is 1. The van der Waals surface area contributed by atoms with E-state index in [2.05, 4.69) is 0 Å². The van der Waals surface area contributed by atoms with Crippen LogP contribution in [0.3, 0.4) is 0 Å². The zero-order valence-corrected chi connectivity index (χ0v) is 9.73. The van der Waals surface area contributed by atoms with Gasteiger partial charge in [-0.3, -0.25) is 14.9 Å². The van der Waals surface area contributed by atoms with E-state index in [4.69, 9.17) is 0 Å².